The molecule has 0 fully saturated rings. The predicted octanol–water partition coefficient (Wildman–Crippen LogP) is 2.78. The summed E-state index contributed by atoms with van der Waals surface area (Å²) in [6.45, 7) is 7.39. The van der Waals surface area contributed by atoms with E-state index >= 15 is 0 Å². The van der Waals surface area contributed by atoms with E-state index in [0.29, 0.717) is 31.3 Å². The van der Waals surface area contributed by atoms with E-state index in [2.05, 4.69) is 19.2 Å². The van der Waals surface area contributed by atoms with Crippen LogP contribution in [0, 0.1) is 17.8 Å². The number of nitrogens with one attached hydrogen (secondary N) is 1. The first-order valence-electron chi connectivity index (χ1n) is 8.57. The molecule has 0 aromatic carbocycles. The van der Waals surface area contributed by atoms with Crippen molar-refractivity contribution in [2.75, 3.05) is 13.1 Å². The number of amides is 1. The lowest BCUT2D eigenvalue weighted by atomic mass is 9.90. The molecule has 22 heavy (non-hydrogen) atoms. The Morgan fingerprint density at radius 2 is 1.86 bits per heavy atom. The molecule has 0 saturated heterocycles. The van der Waals surface area contributed by atoms with Gasteiger partial charge in [-0.1, -0.05) is 40.0 Å². The van der Waals surface area contributed by atoms with Crippen molar-refractivity contribution in [3.8, 4) is 0 Å². The molecule has 0 aromatic rings. The maximum atomic E-state index is 11.8. The summed E-state index contributed by atoms with van der Waals surface area (Å²) in [5.74, 6) is 0.0592. The second kappa shape index (κ2) is 12.4. The number of hydrogen-bond donors (Lipinski definition) is 3. The SMILES string of the molecule is CCCCC(C)CC(CNC(=O)CCC(C)CN)CC(=O)O. The number of carbonyl (C=O) groups excluding carboxylic acids is 1. The van der Waals surface area contributed by atoms with E-state index in [9.17, 15) is 9.59 Å². The van der Waals surface area contributed by atoms with E-state index in [1.54, 1.807) is 0 Å². The van der Waals surface area contributed by atoms with Crippen LogP contribution in [-0.4, -0.2) is 30.1 Å². The van der Waals surface area contributed by atoms with Crippen molar-refractivity contribution in [3.63, 3.8) is 0 Å². The van der Waals surface area contributed by atoms with Gasteiger partial charge in [-0.15, -0.1) is 0 Å². The molecule has 0 saturated carbocycles. The topological polar surface area (TPSA) is 92.4 Å². The van der Waals surface area contributed by atoms with Gasteiger partial charge in [0.2, 0.25) is 5.91 Å². The summed E-state index contributed by atoms with van der Waals surface area (Å²) in [6.07, 6.45) is 5.66. The normalized spacial score (nSPS) is 15.1. The fourth-order valence-electron chi connectivity index (χ4n) is 2.57. The zero-order valence-corrected chi connectivity index (χ0v) is 14.4. The van der Waals surface area contributed by atoms with Crippen LogP contribution >= 0.6 is 0 Å². The van der Waals surface area contributed by atoms with Gasteiger partial charge in [0.1, 0.15) is 0 Å². The van der Waals surface area contributed by atoms with E-state index < -0.39 is 5.97 Å². The summed E-state index contributed by atoms with van der Waals surface area (Å²) >= 11 is 0. The van der Waals surface area contributed by atoms with E-state index in [1.165, 1.54) is 6.42 Å². The molecule has 3 atom stereocenters. The molecule has 5 nitrogen and oxygen atoms in total. The first-order chi connectivity index (χ1) is 10.4. The molecule has 0 spiro atoms. The molecule has 0 aliphatic carbocycles. The molecule has 4 N–H and O–H groups in total. The van der Waals surface area contributed by atoms with Crippen LogP contribution in [0.15, 0.2) is 0 Å². The highest BCUT2D eigenvalue weighted by Crippen LogP contribution is 2.20. The molecule has 0 radical (unpaired) electrons. The minimum Gasteiger partial charge on any atom is -0.481 e. The molecule has 0 heterocycles. The van der Waals surface area contributed by atoms with Gasteiger partial charge in [-0.25, -0.2) is 0 Å². The average molecular weight is 314 g/mol. The summed E-state index contributed by atoms with van der Waals surface area (Å²) < 4.78 is 0. The summed E-state index contributed by atoms with van der Waals surface area (Å²) in [4.78, 5) is 22.8. The lowest BCUT2D eigenvalue weighted by Gasteiger charge is -2.20. The Morgan fingerprint density at radius 1 is 1.18 bits per heavy atom. The lowest BCUT2D eigenvalue weighted by molar-refractivity contribution is -0.138. The van der Waals surface area contributed by atoms with E-state index in [1.807, 2.05) is 6.92 Å². The third-order valence-electron chi connectivity index (χ3n) is 4.10. The summed E-state index contributed by atoms with van der Waals surface area (Å²) in [5.41, 5.74) is 5.53. The summed E-state index contributed by atoms with van der Waals surface area (Å²) in [5, 5.41) is 11.9. The van der Waals surface area contributed by atoms with Crippen LogP contribution in [0.5, 0.6) is 0 Å². The van der Waals surface area contributed by atoms with Gasteiger partial charge >= 0.3 is 5.97 Å². The van der Waals surface area contributed by atoms with Gasteiger partial charge in [-0.2, -0.15) is 0 Å². The third kappa shape index (κ3) is 11.5. The minimum atomic E-state index is -0.793. The Bertz CT molecular complexity index is 321. The van der Waals surface area contributed by atoms with E-state index in [4.69, 9.17) is 10.8 Å². The number of carboxylic acids is 1. The minimum absolute atomic E-state index is 0.00287. The fourth-order valence-corrected chi connectivity index (χ4v) is 2.57. The Kier molecular flexibility index (Phi) is 11.8. The van der Waals surface area contributed by atoms with Gasteiger partial charge in [-0.05, 0) is 37.1 Å². The zero-order valence-electron chi connectivity index (χ0n) is 14.4. The van der Waals surface area contributed by atoms with Crippen LogP contribution in [0.3, 0.4) is 0 Å². The van der Waals surface area contributed by atoms with Gasteiger partial charge < -0.3 is 16.2 Å². The van der Waals surface area contributed by atoms with Gasteiger partial charge in [0, 0.05) is 19.4 Å². The van der Waals surface area contributed by atoms with Crippen LogP contribution in [0.25, 0.3) is 0 Å². The van der Waals surface area contributed by atoms with Crippen molar-refractivity contribution in [1.29, 1.82) is 0 Å². The number of nitrogens with two attached hydrogens (primary N) is 1. The zero-order chi connectivity index (χ0) is 17.0. The average Bonchev–Trinajstić information content (AvgIpc) is 2.47. The smallest absolute Gasteiger partial charge is 0.303 e. The standard InChI is InChI=1S/C17H34N2O3/c1-4-5-6-13(2)9-15(10-17(21)22)12-19-16(20)8-7-14(3)11-18/h13-15H,4-12,18H2,1-3H3,(H,19,20)(H,21,22). The Hall–Kier alpha value is -1.10. The van der Waals surface area contributed by atoms with Crippen molar-refractivity contribution in [1.82, 2.24) is 5.32 Å². The molecule has 5 heteroatoms. The molecule has 0 rings (SSSR count). The van der Waals surface area contributed by atoms with Gasteiger partial charge in [0.25, 0.3) is 0 Å². The van der Waals surface area contributed by atoms with Gasteiger partial charge in [0.05, 0.1) is 0 Å². The van der Waals surface area contributed by atoms with Gasteiger partial charge in [-0.3, -0.25) is 9.59 Å². The largest absolute Gasteiger partial charge is 0.481 e. The van der Waals surface area contributed by atoms with Gasteiger partial charge in [0.15, 0.2) is 0 Å². The Labute approximate surface area is 135 Å². The van der Waals surface area contributed by atoms with Crippen molar-refractivity contribution >= 4 is 11.9 Å². The number of carbonyl (C=O) groups is 2. The molecule has 3 unspecified atom stereocenters. The molecular weight excluding hydrogens is 280 g/mol. The predicted molar refractivity (Wildman–Crippen MR) is 89.5 cm³/mol. The molecule has 130 valence electrons. The Balaban J connectivity index is 4.17. The summed E-state index contributed by atoms with van der Waals surface area (Å²) in [6, 6.07) is 0. The highest BCUT2D eigenvalue weighted by atomic mass is 16.4. The van der Waals surface area contributed by atoms with Crippen LogP contribution in [0.2, 0.25) is 0 Å². The quantitative estimate of drug-likeness (QED) is 0.487. The lowest BCUT2D eigenvalue weighted by Crippen LogP contribution is -2.31. The number of rotatable bonds is 13. The number of hydrogen-bond acceptors (Lipinski definition) is 3. The van der Waals surface area contributed by atoms with Crippen LogP contribution in [-0.2, 0) is 9.59 Å². The van der Waals surface area contributed by atoms with Crippen LogP contribution < -0.4 is 11.1 Å². The van der Waals surface area contributed by atoms with Crippen molar-refractivity contribution in [2.24, 2.45) is 23.5 Å². The van der Waals surface area contributed by atoms with Crippen molar-refractivity contribution in [2.45, 2.75) is 65.7 Å². The molecule has 0 aliphatic heterocycles. The summed E-state index contributed by atoms with van der Waals surface area (Å²) in [7, 11) is 0. The third-order valence-corrected chi connectivity index (χ3v) is 4.10. The second-order valence-electron chi connectivity index (χ2n) is 6.63. The molecule has 1 amide bonds. The fraction of sp³-hybridized carbons (Fsp3) is 0.882. The maximum absolute atomic E-state index is 11.8. The number of aliphatic carboxylic acids is 1. The monoisotopic (exact) mass is 314 g/mol. The molecule has 0 bridgehead atoms. The Morgan fingerprint density at radius 3 is 2.41 bits per heavy atom. The second-order valence-corrected chi connectivity index (χ2v) is 6.63. The van der Waals surface area contributed by atoms with E-state index in [0.717, 1.165) is 25.7 Å². The highest BCUT2D eigenvalue weighted by molar-refractivity contribution is 5.76. The number of carboxylic acid groups (broad SMARTS) is 1. The first-order valence-corrected chi connectivity index (χ1v) is 8.57. The molecule has 0 aliphatic rings. The van der Waals surface area contributed by atoms with Crippen LogP contribution in [0.1, 0.15) is 65.7 Å². The van der Waals surface area contributed by atoms with Crippen molar-refractivity contribution in [3.05, 3.63) is 0 Å². The maximum Gasteiger partial charge on any atom is 0.303 e. The number of unbranched alkanes of at least 4 members (excludes halogenated alkanes) is 1. The first kappa shape index (κ1) is 20.9. The highest BCUT2D eigenvalue weighted by Gasteiger charge is 2.17. The van der Waals surface area contributed by atoms with Crippen LogP contribution in [0.4, 0.5) is 0 Å². The molecular formula is C17H34N2O3. The van der Waals surface area contributed by atoms with E-state index in [-0.39, 0.29) is 18.2 Å². The van der Waals surface area contributed by atoms with Crippen molar-refractivity contribution < 1.29 is 14.7 Å². The molecule has 0 aromatic heterocycles.